The Kier molecular flexibility index (Phi) is 7.40. The molecule has 3 aliphatic carbocycles. The quantitative estimate of drug-likeness (QED) is 0.130. The monoisotopic (exact) mass is 567 g/mol. The molecule has 3 fully saturated rings. The second kappa shape index (κ2) is 10.1. The fourth-order valence-corrected chi connectivity index (χ4v) is 5.78. The molecule has 5 rings (SSSR count). The average Bonchev–Trinajstić information content (AvgIpc) is 3.60. The fraction of sp³-hybridized carbons (Fsp3) is 0.696. The average molecular weight is 567 g/mol. The first-order valence-electron chi connectivity index (χ1n) is 12.0. The summed E-state index contributed by atoms with van der Waals surface area (Å²) in [4.78, 5) is 31.9. The van der Waals surface area contributed by atoms with Crippen LogP contribution in [0, 0.1) is 30.6 Å². The zero-order valence-electron chi connectivity index (χ0n) is 19.4. The van der Waals surface area contributed by atoms with Crippen molar-refractivity contribution in [1.82, 2.24) is 30.3 Å². The van der Waals surface area contributed by atoms with E-state index in [0.717, 1.165) is 36.9 Å². The molecule has 0 spiro atoms. The smallest absolute Gasteiger partial charge is 0.233 e. The van der Waals surface area contributed by atoms with Gasteiger partial charge in [0, 0.05) is 26.2 Å². The maximum atomic E-state index is 12.8. The number of aliphatic imine (C=N–C) groups is 1. The van der Waals surface area contributed by atoms with E-state index in [1.807, 2.05) is 18.5 Å². The van der Waals surface area contributed by atoms with Gasteiger partial charge in [-0.2, -0.15) is 0 Å². The number of rotatable bonds is 7. The molecule has 0 aromatic carbocycles. The van der Waals surface area contributed by atoms with Crippen molar-refractivity contribution < 1.29 is 9.59 Å². The van der Waals surface area contributed by atoms with Gasteiger partial charge in [0.1, 0.15) is 12.4 Å². The molecule has 180 valence electrons. The van der Waals surface area contributed by atoms with Crippen LogP contribution in [-0.2, 0) is 23.2 Å². The number of amides is 2. The van der Waals surface area contributed by atoms with E-state index in [0.29, 0.717) is 32.1 Å². The normalized spacial score (nSPS) is 28.5. The molecule has 4 aliphatic rings. The fourth-order valence-electron chi connectivity index (χ4n) is 5.78. The maximum Gasteiger partial charge on any atom is 0.233 e. The van der Waals surface area contributed by atoms with Gasteiger partial charge in [-0.3, -0.25) is 14.5 Å². The Bertz CT molecular complexity index is 923. The molecule has 0 radical (unpaired) electrons. The SMILES string of the molecule is Cc1nnc(CN=C(NCCCN2C(=O)C3C4C=CC(C4)C3C2=O)NC2CCCC2)n1C.I. The van der Waals surface area contributed by atoms with Crippen molar-refractivity contribution in [2.24, 2.45) is 35.7 Å². The highest BCUT2D eigenvalue weighted by molar-refractivity contribution is 14.0. The molecule has 1 aliphatic heterocycles. The number of hydrogen-bond donors (Lipinski definition) is 2. The van der Waals surface area contributed by atoms with E-state index in [9.17, 15) is 9.59 Å². The molecule has 2 amide bonds. The van der Waals surface area contributed by atoms with E-state index in [-0.39, 0.29) is 59.5 Å². The Morgan fingerprint density at radius 1 is 1.12 bits per heavy atom. The van der Waals surface area contributed by atoms with Crippen molar-refractivity contribution in [3.8, 4) is 0 Å². The number of guanidine groups is 1. The van der Waals surface area contributed by atoms with Crippen molar-refractivity contribution in [3.63, 3.8) is 0 Å². The summed E-state index contributed by atoms with van der Waals surface area (Å²) < 4.78 is 1.94. The van der Waals surface area contributed by atoms with Gasteiger partial charge < -0.3 is 15.2 Å². The van der Waals surface area contributed by atoms with E-state index in [1.165, 1.54) is 17.7 Å². The van der Waals surface area contributed by atoms with Gasteiger partial charge in [-0.25, -0.2) is 4.99 Å². The van der Waals surface area contributed by atoms with E-state index in [1.54, 1.807) is 0 Å². The van der Waals surface area contributed by atoms with Gasteiger partial charge >= 0.3 is 0 Å². The van der Waals surface area contributed by atoms with Crippen LogP contribution in [0.3, 0.4) is 0 Å². The number of carbonyl (C=O) groups is 2. The Labute approximate surface area is 211 Å². The first-order chi connectivity index (χ1) is 15.5. The van der Waals surface area contributed by atoms with Gasteiger partial charge in [0.25, 0.3) is 0 Å². The Morgan fingerprint density at radius 2 is 1.79 bits per heavy atom. The lowest BCUT2D eigenvalue weighted by molar-refractivity contribution is -0.140. The third kappa shape index (κ3) is 4.67. The van der Waals surface area contributed by atoms with Gasteiger partial charge in [-0.05, 0) is 44.4 Å². The number of nitrogens with one attached hydrogen (secondary N) is 2. The lowest BCUT2D eigenvalue weighted by atomic mass is 9.85. The molecule has 1 saturated heterocycles. The number of carbonyl (C=O) groups excluding carboxylic acids is 2. The van der Waals surface area contributed by atoms with Gasteiger partial charge in [0.05, 0.1) is 11.8 Å². The number of aromatic nitrogens is 3. The van der Waals surface area contributed by atoms with Crippen molar-refractivity contribution >= 4 is 41.8 Å². The van der Waals surface area contributed by atoms with Crippen LogP contribution in [0.5, 0.6) is 0 Å². The highest BCUT2D eigenvalue weighted by atomic mass is 127. The van der Waals surface area contributed by atoms with Crippen LogP contribution in [0.15, 0.2) is 17.1 Å². The Morgan fingerprint density at radius 3 is 2.39 bits per heavy atom. The molecule has 1 aromatic heterocycles. The summed E-state index contributed by atoms with van der Waals surface area (Å²) >= 11 is 0. The number of aryl methyl sites for hydroxylation is 1. The van der Waals surface area contributed by atoms with Crippen LogP contribution in [0.4, 0.5) is 0 Å². The van der Waals surface area contributed by atoms with Crippen LogP contribution in [0.1, 0.15) is 50.2 Å². The molecular weight excluding hydrogens is 533 g/mol. The standard InChI is InChI=1S/C23H33N7O2.HI/c1-14-27-28-18(29(14)2)13-25-23(26-17-6-3-4-7-17)24-10-5-11-30-21(31)19-15-8-9-16(12-15)20(19)22(30)32;/h8-9,15-17,19-20H,3-7,10-13H2,1-2H3,(H2,24,25,26);1H. The molecule has 33 heavy (non-hydrogen) atoms. The summed E-state index contributed by atoms with van der Waals surface area (Å²) in [6.45, 7) is 3.48. The minimum atomic E-state index is -0.110. The maximum absolute atomic E-state index is 12.8. The molecule has 2 bridgehead atoms. The van der Waals surface area contributed by atoms with Crippen LogP contribution in [0.25, 0.3) is 0 Å². The second-order valence-corrected chi connectivity index (χ2v) is 9.62. The number of allylic oxidation sites excluding steroid dienone is 2. The number of halogens is 1. The topological polar surface area (TPSA) is 105 Å². The molecule has 10 heteroatoms. The third-order valence-electron chi connectivity index (χ3n) is 7.67. The number of imide groups is 1. The summed E-state index contributed by atoms with van der Waals surface area (Å²) in [6.07, 6.45) is 10.7. The van der Waals surface area contributed by atoms with E-state index in [4.69, 9.17) is 4.99 Å². The largest absolute Gasteiger partial charge is 0.356 e. The first kappa shape index (κ1) is 24.2. The number of fused-ring (bicyclic) bond motifs is 5. The number of hydrogen-bond acceptors (Lipinski definition) is 5. The lowest BCUT2D eigenvalue weighted by Crippen LogP contribution is -2.43. The second-order valence-electron chi connectivity index (χ2n) is 9.62. The van der Waals surface area contributed by atoms with Gasteiger partial charge in [-0.1, -0.05) is 25.0 Å². The predicted octanol–water partition coefficient (Wildman–Crippen LogP) is 1.92. The molecule has 4 atom stereocenters. The number of nitrogens with zero attached hydrogens (tertiary/aromatic N) is 5. The summed E-state index contributed by atoms with van der Waals surface area (Å²) in [7, 11) is 1.94. The predicted molar refractivity (Wildman–Crippen MR) is 135 cm³/mol. The van der Waals surface area contributed by atoms with Crippen molar-refractivity contribution in [1.29, 1.82) is 0 Å². The first-order valence-corrected chi connectivity index (χ1v) is 12.0. The Balaban J connectivity index is 0.00000259. The molecule has 1 aromatic rings. The van der Waals surface area contributed by atoms with Gasteiger partial charge in [0.15, 0.2) is 11.8 Å². The zero-order chi connectivity index (χ0) is 22.2. The molecule has 9 nitrogen and oxygen atoms in total. The van der Waals surface area contributed by atoms with Gasteiger partial charge in [-0.15, -0.1) is 34.2 Å². The van der Waals surface area contributed by atoms with Crippen LogP contribution in [0.2, 0.25) is 0 Å². The molecule has 2 saturated carbocycles. The summed E-state index contributed by atoms with van der Waals surface area (Å²) in [6, 6.07) is 0.437. The molecule has 2 N–H and O–H groups in total. The summed E-state index contributed by atoms with van der Waals surface area (Å²) in [5, 5.41) is 15.2. The van der Waals surface area contributed by atoms with Gasteiger partial charge in [0.2, 0.25) is 11.8 Å². The summed E-state index contributed by atoms with van der Waals surface area (Å²) in [5.41, 5.74) is 0. The van der Waals surface area contributed by atoms with Crippen LogP contribution >= 0.6 is 24.0 Å². The molecule has 4 unspecified atom stereocenters. The Hall–Kier alpha value is -1.98. The van der Waals surface area contributed by atoms with E-state index >= 15 is 0 Å². The highest BCUT2D eigenvalue weighted by Gasteiger charge is 2.58. The molecule has 2 heterocycles. The highest BCUT2D eigenvalue weighted by Crippen LogP contribution is 2.52. The van der Waals surface area contributed by atoms with Crippen molar-refractivity contribution in [2.45, 2.75) is 58.0 Å². The van der Waals surface area contributed by atoms with E-state index < -0.39 is 0 Å². The van der Waals surface area contributed by atoms with Crippen LogP contribution in [-0.4, -0.2) is 56.6 Å². The third-order valence-corrected chi connectivity index (χ3v) is 7.67. The van der Waals surface area contributed by atoms with Crippen molar-refractivity contribution in [2.75, 3.05) is 13.1 Å². The number of likely N-dealkylation sites (tertiary alicyclic amines) is 1. The van der Waals surface area contributed by atoms with Crippen molar-refractivity contribution in [3.05, 3.63) is 23.8 Å². The minimum absolute atomic E-state index is 0. The zero-order valence-corrected chi connectivity index (χ0v) is 21.7. The summed E-state index contributed by atoms with van der Waals surface area (Å²) in [5.74, 6) is 2.82. The van der Waals surface area contributed by atoms with E-state index in [2.05, 4.69) is 33.0 Å². The van der Waals surface area contributed by atoms with Crippen LogP contribution < -0.4 is 10.6 Å². The lowest BCUT2D eigenvalue weighted by Gasteiger charge is -2.19. The molecular formula is C23H34IN7O2. The minimum Gasteiger partial charge on any atom is -0.356 e.